The van der Waals surface area contributed by atoms with Gasteiger partial charge in [-0.1, -0.05) is 0 Å². The molecule has 0 bridgehead atoms. The highest BCUT2D eigenvalue weighted by atomic mass is 19.3. The normalized spacial score (nSPS) is 18.6. The lowest BCUT2D eigenvalue weighted by Crippen LogP contribution is -2.43. The molecule has 3 amide bonds. The molecule has 1 unspecified atom stereocenters. The molecule has 0 radical (unpaired) electrons. The molecule has 4 rings (SSSR count). The second-order valence-electron chi connectivity index (χ2n) is 7.75. The minimum atomic E-state index is -3.22. The zero-order valence-electron chi connectivity index (χ0n) is 18.2. The number of alkyl halides is 2. The van der Waals surface area contributed by atoms with E-state index in [1.54, 1.807) is 6.07 Å². The number of carbonyl (C=O) groups excluding carboxylic acids is 3. The smallest absolute Gasteiger partial charge is 0.414 e. The van der Waals surface area contributed by atoms with Gasteiger partial charge in [0, 0.05) is 31.8 Å². The molecule has 1 aromatic carbocycles. The molecular weight excluding hydrogens is 478 g/mol. The highest BCUT2D eigenvalue weighted by Crippen LogP contribution is 2.31. The summed E-state index contributed by atoms with van der Waals surface area (Å²) in [6.45, 7) is 0.0692. The van der Waals surface area contributed by atoms with Crippen LogP contribution >= 0.6 is 0 Å². The number of nitrogens with one attached hydrogen (secondary N) is 2. The van der Waals surface area contributed by atoms with E-state index < -0.39 is 42.1 Å². The fourth-order valence-corrected chi connectivity index (χ4v) is 3.80. The van der Waals surface area contributed by atoms with Gasteiger partial charge < -0.3 is 19.4 Å². The van der Waals surface area contributed by atoms with Crippen molar-refractivity contribution < 1.29 is 41.1 Å². The lowest BCUT2D eigenvalue weighted by molar-refractivity contribution is -0.132. The highest BCUT2D eigenvalue weighted by molar-refractivity contribution is 5.91. The first-order valence-electron chi connectivity index (χ1n) is 10.6. The SMILES string of the molecule is O=C(NCC1CN(c2cc(F)c(N3CCNN(C(=O)c4ccco4)CC3)c(F)c2)C(=O)O1)C(F)F. The van der Waals surface area contributed by atoms with Crippen molar-refractivity contribution in [2.45, 2.75) is 12.5 Å². The first-order valence-corrected chi connectivity index (χ1v) is 10.6. The number of benzene rings is 1. The number of rotatable bonds is 6. The Bertz CT molecular complexity index is 1080. The topological polar surface area (TPSA) is 107 Å². The summed E-state index contributed by atoms with van der Waals surface area (Å²) >= 11 is 0. The molecule has 10 nitrogen and oxygen atoms in total. The molecule has 0 spiro atoms. The van der Waals surface area contributed by atoms with Crippen molar-refractivity contribution in [1.29, 1.82) is 0 Å². The predicted octanol–water partition coefficient (Wildman–Crippen LogP) is 1.73. The molecule has 2 aliphatic rings. The molecular formula is C21H21F4N5O5. The number of amides is 3. The van der Waals surface area contributed by atoms with E-state index in [4.69, 9.17) is 9.15 Å². The summed E-state index contributed by atoms with van der Waals surface area (Å²) in [6, 6.07) is 5.00. The van der Waals surface area contributed by atoms with Gasteiger partial charge in [-0.2, -0.15) is 8.78 Å². The van der Waals surface area contributed by atoms with E-state index in [0.29, 0.717) is 0 Å². The van der Waals surface area contributed by atoms with Gasteiger partial charge in [-0.25, -0.2) is 19.0 Å². The average Bonchev–Trinajstić information content (AvgIpc) is 3.41. The van der Waals surface area contributed by atoms with E-state index >= 15 is 8.78 Å². The lowest BCUT2D eigenvalue weighted by atomic mass is 10.2. The summed E-state index contributed by atoms with van der Waals surface area (Å²) in [5.74, 6) is -3.68. The molecule has 3 heterocycles. The van der Waals surface area contributed by atoms with Crippen molar-refractivity contribution in [2.75, 3.05) is 49.1 Å². The van der Waals surface area contributed by atoms with E-state index in [1.807, 2.05) is 5.32 Å². The zero-order valence-corrected chi connectivity index (χ0v) is 18.2. The molecule has 2 fully saturated rings. The van der Waals surface area contributed by atoms with E-state index in [9.17, 15) is 23.2 Å². The Labute approximate surface area is 196 Å². The molecule has 2 aliphatic heterocycles. The molecule has 0 aliphatic carbocycles. The summed E-state index contributed by atoms with van der Waals surface area (Å²) in [6.07, 6.45) is -3.76. The maximum atomic E-state index is 15.0. The molecule has 188 valence electrons. The van der Waals surface area contributed by atoms with Crippen molar-refractivity contribution in [3.63, 3.8) is 0 Å². The molecule has 14 heteroatoms. The molecule has 35 heavy (non-hydrogen) atoms. The number of nitrogens with zero attached hydrogens (tertiary/aromatic N) is 3. The molecule has 1 aromatic heterocycles. The maximum absolute atomic E-state index is 15.0. The summed E-state index contributed by atoms with van der Waals surface area (Å²) < 4.78 is 64.7. The number of halogens is 4. The summed E-state index contributed by atoms with van der Waals surface area (Å²) in [5.41, 5.74) is 2.44. The van der Waals surface area contributed by atoms with Crippen LogP contribution in [0.1, 0.15) is 10.6 Å². The number of hydrogen-bond acceptors (Lipinski definition) is 7. The average molecular weight is 499 g/mol. The van der Waals surface area contributed by atoms with Crippen molar-refractivity contribution in [3.05, 3.63) is 47.9 Å². The first kappa shape index (κ1) is 24.3. The van der Waals surface area contributed by atoms with Gasteiger partial charge in [-0.05, 0) is 12.1 Å². The number of hydrogen-bond donors (Lipinski definition) is 2. The second-order valence-corrected chi connectivity index (χ2v) is 7.75. The van der Waals surface area contributed by atoms with E-state index in [2.05, 4.69) is 5.43 Å². The van der Waals surface area contributed by atoms with Crippen LogP contribution in [0.5, 0.6) is 0 Å². The number of furan rings is 1. The van der Waals surface area contributed by atoms with Gasteiger partial charge in [0.15, 0.2) is 17.4 Å². The Balaban J connectivity index is 1.43. The molecule has 2 N–H and O–H groups in total. The van der Waals surface area contributed by atoms with Crippen LogP contribution in [-0.2, 0) is 9.53 Å². The number of cyclic esters (lactones) is 1. The van der Waals surface area contributed by atoms with Crippen LogP contribution in [0.15, 0.2) is 34.9 Å². The minimum Gasteiger partial charge on any atom is -0.459 e. The maximum Gasteiger partial charge on any atom is 0.414 e. The number of hydrazine groups is 1. The minimum absolute atomic E-state index is 0.115. The first-order chi connectivity index (χ1) is 16.7. The lowest BCUT2D eigenvalue weighted by Gasteiger charge is -2.25. The van der Waals surface area contributed by atoms with Crippen LogP contribution in [0.3, 0.4) is 0 Å². The molecule has 2 saturated heterocycles. The van der Waals surface area contributed by atoms with E-state index in [0.717, 1.165) is 17.0 Å². The number of carbonyl (C=O) groups is 3. The molecule has 2 aromatic rings. The molecule has 0 saturated carbocycles. The fraction of sp³-hybridized carbons (Fsp3) is 0.381. The Kier molecular flexibility index (Phi) is 7.10. The third-order valence-corrected chi connectivity index (χ3v) is 5.46. The van der Waals surface area contributed by atoms with Crippen LogP contribution in [0.2, 0.25) is 0 Å². The van der Waals surface area contributed by atoms with Crippen molar-refractivity contribution in [2.24, 2.45) is 0 Å². The van der Waals surface area contributed by atoms with Gasteiger partial charge in [-0.3, -0.25) is 19.5 Å². The molecule has 1 atom stereocenters. The Morgan fingerprint density at radius 1 is 1.17 bits per heavy atom. The predicted molar refractivity (Wildman–Crippen MR) is 113 cm³/mol. The Morgan fingerprint density at radius 3 is 2.57 bits per heavy atom. The van der Waals surface area contributed by atoms with Gasteiger partial charge in [0.2, 0.25) is 0 Å². The fourth-order valence-electron chi connectivity index (χ4n) is 3.80. The standard InChI is InChI=1S/C21H21F4N5O5/c22-14-8-12(29-11-13(35-21(29)33)10-26-19(31)18(24)25)9-15(23)17(14)28-4-3-27-30(6-5-28)20(32)16-2-1-7-34-16/h1-2,7-9,13,18,27H,3-6,10-11H2,(H,26,31). The van der Waals surface area contributed by atoms with Gasteiger partial charge >= 0.3 is 18.4 Å². The summed E-state index contributed by atoms with van der Waals surface area (Å²) in [7, 11) is 0. The third kappa shape index (κ3) is 5.31. The van der Waals surface area contributed by atoms with Gasteiger partial charge in [-0.15, -0.1) is 0 Å². The Hall–Kier alpha value is -3.81. The quantitative estimate of drug-likeness (QED) is 0.583. The van der Waals surface area contributed by atoms with Crippen molar-refractivity contribution in [3.8, 4) is 0 Å². The van der Waals surface area contributed by atoms with Crippen molar-refractivity contribution >= 4 is 29.3 Å². The Morgan fingerprint density at radius 2 is 1.91 bits per heavy atom. The summed E-state index contributed by atoms with van der Waals surface area (Å²) in [5, 5.41) is 3.23. The zero-order chi connectivity index (χ0) is 25.1. The highest BCUT2D eigenvalue weighted by Gasteiger charge is 2.34. The monoisotopic (exact) mass is 499 g/mol. The van der Waals surface area contributed by atoms with Gasteiger partial charge in [0.25, 0.3) is 5.91 Å². The van der Waals surface area contributed by atoms with E-state index in [1.165, 1.54) is 22.2 Å². The summed E-state index contributed by atoms with van der Waals surface area (Å²) in [4.78, 5) is 38.0. The van der Waals surface area contributed by atoms with Crippen LogP contribution < -0.4 is 20.5 Å². The third-order valence-electron chi connectivity index (χ3n) is 5.46. The van der Waals surface area contributed by atoms with Gasteiger partial charge in [0.1, 0.15) is 11.8 Å². The van der Waals surface area contributed by atoms with E-state index in [-0.39, 0.29) is 56.4 Å². The van der Waals surface area contributed by atoms with Crippen LogP contribution in [-0.4, -0.2) is 74.7 Å². The second kappa shape index (κ2) is 10.2. The van der Waals surface area contributed by atoms with Crippen LogP contribution in [0.25, 0.3) is 0 Å². The largest absolute Gasteiger partial charge is 0.459 e. The van der Waals surface area contributed by atoms with Crippen molar-refractivity contribution in [1.82, 2.24) is 15.8 Å². The van der Waals surface area contributed by atoms with Crippen LogP contribution in [0.4, 0.5) is 33.7 Å². The number of anilines is 2. The van der Waals surface area contributed by atoms with Gasteiger partial charge in [0.05, 0.1) is 31.6 Å². The number of ether oxygens (including phenoxy) is 1. The van der Waals surface area contributed by atoms with Crippen LogP contribution in [0, 0.1) is 11.6 Å².